The third kappa shape index (κ3) is 2.87. The molecule has 1 heterocycles. The van der Waals surface area contributed by atoms with Crippen molar-refractivity contribution in [2.45, 2.75) is 0 Å². The predicted octanol–water partition coefficient (Wildman–Crippen LogP) is 1.94. The Morgan fingerprint density at radius 3 is 2.95 bits per heavy atom. The van der Waals surface area contributed by atoms with Gasteiger partial charge in [0.2, 0.25) is 0 Å². The number of nitriles is 1. The summed E-state index contributed by atoms with van der Waals surface area (Å²) in [6.07, 6.45) is 1.39. The van der Waals surface area contributed by atoms with Crippen LogP contribution in [0.3, 0.4) is 0 Å². The summed E-state index contributed by atoms with van der Waals surface area (Å²) in [7, 11) is 3.19. The van der Waals surface area contributed by atoms with E-state index in [1.807, 2.05) is 6.07 Å². The van der Waals surface area contributed by atoms with E-state index < -0.39 is 6.03 Å². The highest BCUT2D eigenvalue weighted by atomic mass is 16.5. The van der Waals surface area contributed by atoms with E-state index in [1.165, 1.54) is 10.9 Å². The van der Waals surface area contributed by atoms with Gasteiger partial charge in [-0.3, -0.25) is 10.00 Å². The molecule has 2 amide bonds. The average molecular weight is 271 g/mol. The molecule has 7 heteroatoms. The summed E-state index contributed by atoms with van der Waals surface area (Å²) in [5, 5.41) is 18.1. The van der Waals surface area contributed by atoms with E-state index in [4.69, 9.17) is 10.00 Å². The molecule has 0 aliphatic rings. The van der Waals surface area contributed by atoms with Crippen molar-refractivity contribution in [1.82, 2.24) is 9.78 Å². The topological polar surface area (TPSA) is 92.0 Å². The summed E-state index contributed by atoms with van der Waals surface area (Å²) in [6.45, 7) is 0. The lowest BCUT2D eigenvalue weighted by Gasteiger charge is -2.09. The molecule has 0 aliphatic heterocycles. The molecule has 0 spiro atoms. The molecule has 102 valence electrons. The number of rotatable bonds is 3. The van der Waals surface area contributed by atoms with E-state index in [1.54, 1.807) is 38.4 Å². The van der Waals surface area contributed by atoms with Crippen molar-refractivity contribution in [1.29, 1.82) is 5.26 Å². The Morgan fingerprint density at radius 1 is 1.45 bits per heavy atom. The Balaban J connectivity index is 2.09. The minimum atomic E-state index is -0.460. The molecule has 0 aliphatic carbocycles. The van der Waals surface area contributed by atoms with Crippen molar-refractivity contribution in [2.24, 2.45) is 7.05 Å². The molecule has 2 aromatic rings. The Kier molecular flexibility index (Phi) is 3.86. The van der Waals surface area contributed by atoms with Gasteiger partial charge in [0.05, 0.1) is 13.3 Å². The second kappa shape index (κ2) is 5.75. The highest BCUT2D eigenvalue weighted by Crippen LogP contribution is 2.17. The number of hydrogen-bond acceptors (Lipinski definition) is 4. The third-order valence-electron chi connectivity index (χ3n) is 2.62. The lowest BCUT2D eigenvalue weighted by atomic mass is 10.3. The lowest BCUT2D eigenvalue weighted by Crippen LogP contribution is -2.21. The molecule has 1 aromatic heterocycles. The molecule has 2 N–H and O–H groups in total. The number of carbonyl (C=O) groups excluding carboxylic acids is 1. The largest absolute Gasteiger partial charge is 0.497 e. The Bertz CT molecular complexity index is 672. The van der Waals surface area contributed by atoms with E-state index in [2.05, 4.69) is 15.7 Å². The van der Waals surface area contributed by atoms with Crippen LogP contribution in [0.5, 0.6) is 5.75 Å². The van der Waals surface area contributed by atoms with E-state index in [-0.39, 0.29) is 0 Å². The Hall–Kier alpha value is -3.01. The molecule has 0 bridgehead atoms. The van der Waals surface area contributed by atoms with Gasteiger partial charge in [-0.05, 0) is 12.1 Å². The van der Waals surface area contributed by atoms with Crippen LogP contribution in [0.15, 0.2) is 30.5 Å². The quantitative estimate of drug-likeness (QED) is 0.892. The lowest BCUT2D eigenvalue weighted by molar-refractivity contribution is 0.262. The zero-order chi connectivity index (χ0) is 14.5. The van der Waals surface area contributed by atoms with Gasteiger partial charge in [0, 0.05) is 18.8 Å². The summed E-state index contributed by atoms with van der Waals surface area (Å²) in [6, 6.07) is 8.46. The van der Waals surface area contributed by atoms with Gasteiger partial charge in [-0.2, -0.15) is 10.4 Å². The Labute approximate surface area is 115 Å². The molecule has 0 radical (unpaired) electrons. The van der Waals surface area contributed by atoms with Crippen LogP contribution < -0.4 is 15.4 Å². The number of nitrogens with zero attached hydrogens (tertiary/aromatic N) is 3. The van der Waals surface area contributed by atoms with Crippen LogP contribution in [-0.2, 0) is 7.05 Å². The SMILES string of the molecule is COc1cccc(NC(=O)Nc2c(C#N)cnn2C)c1. The maximum Gasteiger partial charge on any atom is 0.324 e. The molecule has 20 heavy (non-hydrogen) atoms. The number of carbonyl (C=O) groups is 1. The van der Waals surface area contributed by atoms with Gasteiger partial charge in [-0.1, -0.05) is 6.07 Å². The van der Waals surface area contributed by atoms with Gasteiger partial charge in [0.15, 0.2) is 0 Å². The number of amides is 2. The van der Waals surface area contributed by atoms with E-state index in [9.17, 15) is 4.79 Å². The van der Waals surface area contributed by atoms with Crippen LogP contribution in [-0.4, -0.2) is 22.9 Å². The standard InChI is InChI=1S/C13H13N5O2/c1-18-12(9(7-14)8-15-18)17-13(19)16-10-4-3-5-11(6-10)20-2/h3-6,8H,1-2H3,(H2,16,17,19). The molecular formula is C13H13N5O2. The van der Waals surface area contributed by atoms with E-state index >= 15 is 0 Å². The number of aryl methyl sites for hydroxylation is 1. The number of aromatic nitrogens is 2. The zero-order valence-corrected chi connectivity index (χ0v) is 11.0. The second-order valence-electron chi connectivity index (χ2n) is 3.95. The van der Waals surface area contributed by atoms with Crippen LogP contribution in [0.1, 0.15) is 5.56 Å². The van der Waals surface area contributed by atoms with Crippen LogP contribution in [0.2, 0.25) is 0 Å². The molecule has 0 saturated heterocycles. The molecule has 0 unspecified atom stereocenters. The van der Waals surface area contributed by atoms with Crippen LogP contribution >= 0.6 is 0 Å². The number of methoxy groups -OCH3 is 1. The first-order valence-electron chi connectivity index (χ1n) is 5.78. The number of hydrogen-bond donors (Lipinski definition) is 2. The summed E-state index contributed by atoms with van der Waals surface area (Å²) >= 11 is 0. The zero-order valence-electron chi connectivity index (χ0n) is 11.0. The van der Waals surface area contributed by atoms with Gasteiger partial charge in [0.1, 0.15) is 23.2 Å². The molecule has 1 aromatic carbocycles. The normalized spacial score (nSPS) is 9.65. The highest BCUT2D eigenvalue weighted by molar-refractivity contribution is 6.00. The summed E-state index contributed by atoms with van der Waals surface area (Å²) in [5.74, 6) is 0.981. The fraction of sp³-hybridized carbons (Fsp3) is 0.154. The fourth-order valence-corrected chi connectivity index (χ4v) is 1.64. The molecule has 0 fully saturated rings. The van der Waals surface area contributed by atoms with Crippen molar-refractivity contribution < 1.29 is 9.53 Å². The summed E-state index contributed by atoms with van der Waals surface area (Å²) in [5.41, 5.74) is 0.885. The molecule has 7 nitrogen and oxygen atoms in total. The monoisotopic (exact) mass is 271 g/mol. The summed E-state index contributed by atoms with van der Waals surface area (Å²) < 4.78 is 6.49. The van der Waals surface area contributed by atoms with Gasteiger partial charge in [-0.15, -0.1) is 0 Å². The minimum Gasteiger partial charge on any atom is -0.497 e. The van der Waals surface area contributed by atoms with Crippen LogP contribution in [0.4, 0.5) is 16.3 Å². The van der Waals surface area contributed by atoms with Crippen LogP contribution in [0.25, 0.3) is 0 Å². The number of ether oxygens (including phenoxy) is 1. The highest BCUT2D eigenvalue weighted by Gasteiger charge is 2.11. The van der Waals surface area contributed by atoms with Crippen molar-refractivity contribution in [3.05, 3.63) is 36.0 Å². The fourth-order valence-electron chi connectivity index (χ4n) is 1.64. The van der Waals surface area contributed by atoms with Gasteiger partial charge < -0.3 is 10.1 Å². The smallest absolute Gasteiger partial charge is 0.324 e. The number of anilines is 2. The first-order chi connectivity index (χ1) is 9.63. The first kappa shape index (κ1) is 13.4. The summed E-state index contributed by atoms with van der Waals surface area (Å²) in [4.78, 5) is 11.9. The van der Waals surface area contributed by atoms with Gasteiger partial charge in [-0.25, -0.2) is 4.79 Å². The maximum atomic E-state index is 11.9. The van der Waals surface area contributed by atoms with Crippen molar-refractivity contribution in [3.63, 3.8) is 0 Å². The number of urea groups is 1. The molecule has 0 saturated carbocycles. The van der Waals surface area contributed by atoms with Crippen LogP contribution in [0, 0.1) is 11.3 Å². The predicted molar refractivity (Wildman–Crippen MR) is 73.6 cm³/mol. The molecular weight excluding hydrogens is 258 g/mol. The number of nitrogens with one attached hydrogen (secondary N) is 2. The van der Waals surface area contributed by atoms with Gasteiger partial charge >= 0.3 is 6.03 Å². The van der Waals surface area contributed by atoms with Crippen molar-refractivity contribution in [3.8, 4) is 11.8 Å². The van der Waals surface area contributed by atoms with Crippen molar-refractivity contribution >= 4 is 17.5 Å². The first-order valence-corrected chi connectivity index (χ1v) is 5.78. The maximum absolute atomic E-state index is 11.9. The van der Waals surface area contributed by atoms with E-state index in [0.717, 1.165) is 0 Å². The van der Waals surface area contributed by atoms with Crippen molar-refractivity contribution in [2.75, 3.05) is 17.7 Å². The molecule has 0 atom stereocenters. The Morgan fingerprint density at radius 2 is 2.25 bits per heavy atom. The van der Waals surface area contributed by atoms with Gasteiger partial charge in [0.25, 0.3) is 0 Å². The average Bonchev–Trinajstić information content (AvgIpc) is 2.79. The number of benzene rings is 1. The second-order valence-corrected chi connectivity index (χ2v) is 3.95. The molecule has 2 rings (SSSR count). The minimum absolute atomic E-state index is 0.299. The van der Waals surface area contributed by atoms with E-state index in [0.29, 0.717) is 22.8 Å². The third-order valence-corrected chi connectivity index (χ3v) is 2.62.